The highest BCUT2D eigenvalue weighted by Gasteiger charge is 2.17. The molecular weight excluding hydrogens is 420 g/mol. The summed E-state index contributed by atoms with van der Waals surface area (Å²) in [6, 6.07) is 5.43. The van der Waals surface area contributed by atoms with Crippen LogP contribution >= 0.6 is 0 Å². The molecule has 174 valence electrons. The number of aryl methyl sites for hydroxylation is 1. The van der Waals surface area contributed by atoms with Crippen LogP contribution in [0.1, 0.15) is 35.2 Å². The lowest BCUT2D eigenvalue weighted by molar-refractivity contribution is -0.121. The van der Waals surface area contributed by atoms with E-state index < -0.39 is 10.0 Å². The van der Waals surface area contributed by atoms with E-state index in [1.807, 2.05) is 13.0 Å². The molecule has 0 aliphatic carbocycles. The van der Waals surface area contributed by atoms with Crippen LogP contribution in [0.15, 0.2) is 18.2 Å². The molecule has 10 heteroatoms. The maximum absolute atomic E-state index is 12.7. The molecule has 1 aliphatic rings. The molecule has 1 aromatic carbocycles. The molecule has 1 aliphatic heterocycles. The Balaban J connectivity index is 2.04. The summed E-state index contributed by atoms with van der Waals surface area (Å²) in [5, 5.41) is 5.76. The summed E-state index contributed by atoms with van der Waals surface area (Å²) in [6.07, 6.45) is 1.52. The van der Waals surface area contributed by atoms with Crippen molar-refractivity contribution < 1.29 is 22.7 Å². The number of nitrogens with one attached hydrogen (secondary N) is 2. The summed E-state index contributed by atoms with van der Waals surface area (Å²) in [7, 11) is -0.198. The maximum atomic E-state index is 12.7. The van der Waals surface area contributed by atoms with Gasteiger partial charge in [0, 0.05) is 33.6 Å². The molecule has 2 rings (SSSR count). The van der Waals surface area contributed by atoms with E-state index in [0.717, 1.165) is 5.56 Å². The average molecular weight is 455 g/mol. The summed E-state index contributed by atoms with van der Waals surface area (Å²) in [6.45, 7) is 4.76. The fraction of sp³-hybridized carbons (Fsp3) is 0.619. The first-order valence-electron chi connectivity index (χ1n) is 10.6. The van der Waals surface area contributed by atoms with Gasteiger partial charge in [-0.25, -0.2) is 12.7 Å². The van der Waals surface area contributed by atoms with Gasteiger partial charge in [-0.05, 0) is 45.0 Å². The molecule has 0 fully saturated rings. The Morgan fingerprint density at radius 3 is 2.65 bits per heavy atom. The summed E-state index contributed by atoms with van der Waals surface area (Å²) < 4.78 is 30.9. The van der Waals surface area contributed by atoms with Gasteiger partial charge in [0.2, 0.25) is 15.9 Å². The third-order valence-corrected chi connectivity index (χ3v) is 7.00. The number of nitrogens with zero attached hydrogens (tertiary/aromatic N) is 2. The number of hydrogen-bond donors (Lipinski definition) is 2. The Kier molecular flexibility index (Phi) is 9.73. The maximum Gasteiger partial charge on any atom is 0.255 e. The predicted octanol–water partition coefficient (Wildman–Crippen LogP) is 0.597. The summed E-state index contributed by atoms with van der Waals surface area (Å²) >= 11 is 0. The van der Waals surface area contributed by atoms with Crippen molar-refractivity contribution in [2.75, 3.05) is 59.2 Å². The van der Waals surface area contributed by atoms with Crippen LogP contribution < -0.4 is 15.4 Å². The third-order valence-electron chi connectivity index (χ3n) is 5.09. The normalized spacial score (nSPS) is 17.7. The molecule has 31 heavy (non-hydrogen) atoms. The molecule has 2 N–H and O–H groups in total. The Bertz CT molecular complexity index is 857. The molecule has 0 saturated heterocycles. The number of sulfonamides is 1. The van der Waals surface area contributed by atoms with E-state index >= 15 is 0 Å². The average Bonchev–Trinajstić information content (AvgIpc) is 2.71. The van der Waals surface area contributed by atoms with Crippen LogP contribution in [-0.4, -0.2) is 88.6 Å². The lowest BCUT2D eigenvalue weighted by atomic mass is 10.1. The van der Waals surface area contributed by atoms with Crippen molar-refractivity contribution in [3.63, 3.8) is 0 Å². The molecule has 1 aromatic rings. The van der Waals surface area contributed by atoms with E-state index in [1.165, 1.54) is 18.4 Å². The van der Waals surface area contributed by atoms with Crippen molar-refractivity contribution in [3.05, 3.63) is 29.3 Å². The quantitative estimate of drug-likeness (QED) is 0.675. The first-order chi connectivity index (χ1) is 14.7. The van der Waals surface area contributed by atoms with E-state index in [9.17, 15) is 18.0 Å². The molecule has 0 atom stereocenters. The number of hydrogen-bond acceptors (Lipinski definition) is 6. The van der Waals surface area contributed by atoms with Crippen LogP contribution in [0, 0.1) is 6.92 Å². The van der Waals surface area contributed by atoms with Crippen LogP contribution in [0.25, 0.3) is 0 Å². The zero-order valence-corrected chi connectivity index (χ0v) is 19.5. The fourth-order valence-electron chi connectivity index (χ4n) is 3.26. The number of amides is 2. The topological polar surface area (TPSA) is 108 Å². The molecule has 0 unspecified atom stereocenters. The monoisotopic (exact) mass is 454 g/mol. The molecular formula is C21H34N4O5S. The number of fused-ring (bicyclic) bond motifs is 1. The smallest absolute Gasteiger partial charge is 0.255 e. The molecule has 0 bridgehead atoms. The minimum Gasteiger partial charge on any atom is -0.491 e. The van der Waals surface area contributed by atoms with Gasteiger partial charge in [-0.15, -0.1) is 0 Å². The zero-order chi connectivity index (χ0) is 22.9. The molecule has 2 amide bonds. The van der Waals surface area contributed by atoms with Gasteiger partial charge in [-0.2, -0.15) is 0 Å². The van der Waals surface area contributed by atoms with Crippen LogP contribution in [0.2, 0.25) is 0 Å². The van der Waals surface area contributed by atoms with E-state index in [-0.39, 0.29) is 24.2 Å². The SMILES string of the molecule is Cc1ccc2c(c1)C(=O)NCCN(CCCS(=O)(=O)N(C)C)CCCC(=O)NCCO2. The van der Waals surface area contributed by atoms with Gasteiger partial charge in [0.15, 0.2) is 0 Å². The molecule has 9 nitrogen and oxygen atoms in total. The van der Waals surface area contributed by atoms with Gasteiger partial charge in [-0.3, -0.25) is 9.59 Å². The van der Waals surface area contributed by atoms with Crippen LogP contribution in [-0.2, 0) is 14.8 Å². The van der Waals surface area contributed by atoms with Crippen molar-refractivity contribution in [3.8, 4) is 5.75 Å². The zero-order valence-electron chi connectivity index (χ0n) is 18.6. The summed E-state index contributed by atoms with van der Waals surface area (Å²) in [4.78, 5) is 26.9. The molecule has 1 heterocycles. The molecule has 0 spiro atoms. The molecule has 0 radical (unpaired) electrons. The van der Waals surface area contributed by atoms with Crippen LogP contribution in [0.3, 0.4) is 0 Å². The van der Waals surface area contributed by atoms with E-state index in [2.05, 4.69) is 15.5 Å². The van der Waals surface area contributed by atoms with Crippen LogP contribution in [0.4, 0.5) is 0 Å². The van der Waals surface area contributed by atoms with Crippen molar-refractivity contribution >= 4 is 21.8 Å². The Morgan fingerprint density at radius 1 is 1.13 bits per heavy atom. The van der Waals surface area contributed by atoms with Crippen molar-refractivity contribution in [2.45, 2.75) is 26.2 Å². The summed E-state index contributed by atoms with van der Waals surface area (Å²) in [5.41, 5.74) is 1.41. The predicted molar refractivity (Wildman–Crippen MR) is 120 cm³/mol. The highest BCUT2D eigenvalue weighted by Crippen LogP contribution is 2.20. The number of benzene rings is 1. The second-order valence-electron chi connectivity index (χ2n) is 7.85. The molecule has 0 aromatic heterocycles. The largest absolute Gasteiger partial charge is 0.491 e. The Hall–Kier alpha value is -2.17. The van der Waals surface area contributed by atoms with Crippen LogP contribution in [0.5, 0.6) is 5.75 Å². The fourth-order valence-corrected chi connectivity index (χ4v) is 4.12. The number of ether oxygens (including phenoxy) is 1. The van der Waals surface area contributed by atoms with Gasteiger partial charge in [-0.1, -0.05) is 11.6 Å². The van der Waals surface area contributed by atoms with E-state index in [0.29, 0.717) is 63.3 Å². The first kappa shape index (κ1) is 25.1. The van der Waals surface area contributed by atoms with Gasteiger partial charge >= 0.3 is 0 Å². The third kappa shape index (κ3) is 8.47. The number of carbonyl (C=O) groups is 2. The second kappa shape index (κ2) is 12.0. The van der Waals surface area contributed by atoms with Gasteiger partial charge < -0.3 is 20.3 Å². The minimum atomic E-state index is -3.25. The first-order valence-corrected chi connectivity index (χ1v) is 12.2. The van der Waals surface area contributed by atoms with Gasteiger partial charge in [0.1, 0.15) is 12.4 Å². The van der Waals surface area contributed by atoms with E-state index in [1.54, 1.807) is 12.1 Å². The molecule has 0 saturated carbocycles. The number of carbonyl (C=O) groups excluding carboxylic acids is 2. The van der Waals surface area contributed by atoms with Gasteiger partial charge in [0.25, 0.3) is 5.91 Å². The standard InChI is InChI=1S/C21H34N4O5S/c1-17-7-8-19-18(16-17)21(27)23-9-13-25(12-5-15-31(28,29)24(2)3)11-4-6-20(26)22-10-14-30-19/h7-8,16H,4-6,9-15H2,1-3H3,(H,22,26)(H,23,27). The highest BCUT2D eigenvalue weighted by atomic mass is 32.2. The van der Waals surface area contributed by atoms with Crippen molar-refractivity contribution in [1.29, 1.82) is 0 Å². The lowest BCUT2D eigenvalue weighted by Gasteiger charge is -2.23. The number of rotatable bonds is 5. The lowest BCUT2D eigenvalue weighted by Crippen LogP contribution is -2.37. The van der Waals surface area contributed by atoms with Crippen molar-refractivity contribution in [2.24, 2.45) is 0 Å². The Morgan fingerprint density at radius 2 is 1.90 bits per heavy atom. The highest BCUT2D eigenvalue weighted by molar-refractivity contribution is 7.89. The Labute approximate surface area is 185 Å². The van der Waals surface area contributed by atoms with Crippen molar-refractivity contribution in [1.82, 2.24) is 19.8 Å². The second-order valence-corrected chi connectivity index (χ2v) is 10.2. The van der Waals surface area contributed by atoms with Gasteiger partial charge in [0.05, 0.1) is 17.9 Å². The summed E-state index contributed by atoms with van der Waals surface area (Å²) in [5.74, 6) is 0.283. The van der Waals surface area contributed by atoms with E-state index in [4.69, 9.17) is 4.74 Å². The minimum absolute atomic E-state index is 0.0491.